The molecule has 0 aliphatic heterocycles. The molecule has 4 heteroatoms. The Labute approximate surface area is 83.0 Å². The molecule has 3 nitrogen and oxygen atoms in total. The first-order chi connectivity index (χ1) is 6.15. The molecule has 0 aromatic carbocycles. The van der Waals surface area contributed by atoms with E-state index in [4.69, 9.17) is 8.85 Å². The van der Waals surface area contributed by atoms with Crippen LogP contribution >= 0.6 is 0 Å². The Morgan fingerprint density at radius 2 is 1.85 bits per heavy atom. The summed E-state index contributed by atoms with van der Waals surface area (Å²) in [4.78, 5) is 4.52. The maximum atomic E-state index is 5.29. The quantitative estimate of drug-likeness (QED) is 0.487. The van der Waals surface area contributed by atoms with Crippen LogP contribution in [0.5, 0.6) is 0 Å². The minimum Gasteiger partial charge on any atom is -0.395 e. The Morgan fingerprint density at radius 1 is 1.31 bits per heavy atom. The third-order valence-electron chi connectivity index (χ3n) is 1.65. The van der Waals surface area contributed by atoms with Crippen molar-refractivity contribution < 1.29 is 8.85 Å². The normalized spacial score (nSPS) is 13.1. The van der Waals surface area contributed by atoms with Gasteiger partial charge in [-0.2, -0.15) is 0 Å². The van der Waals surface area contributed by atoms with E-state index >= 15 is 0 Å². The van der Waals surface area contributed by atoms with Crippen LogP contribution in [0, 0.1) is 0 Å². The summed E-state index contributed by atoms with van der Waals surface area (Å²) in [7, 11) is 2.18. The number of aliphatic imine (C=N–C) groups is 1. The third-order valence-corrected chi connectivity index (χ3v) is 3.42. The molecule has 0 fully saturated rings. The van der Waals surface area contributed by atoms with E-state index in [0.717, 1.165) is 18.6 Å². The van der Waals surface area contributed by atoms with Gasteiger partial charge in [-0.25, -0.2) is 0 Å². The molecule has 0 heterocycles. The summed E-state index contributed by atoms with van der Waals surface area (Å²) in [5, 5.41) is 0. The van der Waals surface area contributed by atoms with E-state index in [-0.39, 0.29) is 5.67 Å². The van der Waals surface area contributed by atoms with Crippen LogP contribution in [0.3, 0.4) is 0 Å². The van der Waals surface area contributed by atoms with E-state index in [2.05, 4.69) is 11.9 Å². The van der Waals surface area contributed by atoms with E-state index in [0.29, 0.717) is 0 Å². The van der Waals surface area contributed by atoms with Crippen LogP contribution in [0.2, 0.25) is 0 Å². The van der Waals surface area contributed by atoms with Gasteiger partial charge in [0.05, 0.1) is 5.67 Å². The molecular formula is C9H20NO2Si. The molecule has 77 valence electrons. The van der Waals surface area contributed by atoms with Crippen molar-refractivity contribution in [2.75, 3.05) is 14.2 Å². The van der Waals surface area contributed by atoms with Crippen molar-refractivity contribution in [1.82, 2.24) is 0 Å². The van der Waals surface area contributed by atoms with Gasteiger partial charge < -0.3 is 8.85 Å². The maximum absolute atomic E-state index is 5.29. The second kappa shape index (κ2) is 7.23. The Kier molecular flexibility index (Phi) is 7.13. The third kappa shape index (κ3) is 5.18. The van der Waals surface area contributed by atoms with Crippen molar-refractivity contribution in [3.8, 4) is 0 Å². The van der Waals surface area contributed by atoms with Gasteiger partial charge in [-0.05, 0) is 20.3 Å². The lowest BCUT2D eigenvalue weighted by atomic mass is 10.3. The fourth-order valence-corrected chi connectivity index (χ4v) is 2.77. The van der Waals surface area contributed by atoms with Crippen LogP contribution in [0.25, 0.3) is 0 Å². The lowest BCUT2D eigenvalue weighted by molar-refractivity contribution is 0.264. The number of hydrogen-bond acceptors (Lipinski definition) is 3. The van der Waals surface area contributed by atoms with E-state index in [1.807, 2.05) is 13.8 Å². The van der Waals surface area contributed by atoms with Crippen molar-refractivity contribution >= 4 is 15.0 Å². The molecule has 0 N–H and O–H groups in total. The zero-order valence-electron chi connectivity index (χ0n) is 9.26. The molecule has 0 amide bonds. The van der Waals surface area contributed by atoms with Crippen molar-refractivity contribution in [2.24, 2.45) is 4.99 Å². The molecule has 0 bridgehead atoms. The molecule has 0 saturated heterocycles. The van der Waals surface area contributed by atoms with Gasteiger partial charge in [-0.15, -0.1) is 0 Å². The summed E-state index contributed by atoms with van der Waals surface area (Å²) >= 11 is 0. The van der Waals surface area contributed by atoms with Crippen LogP contribution in [-0.2, 0) is 8.85 Å². The first-order valence-electron chi connectivity index (χ1n) is 4.61. The van der Waals surface area contributed by atoms with Crippen molar-refractivity contribution in [3.63, 3.8) is 0 Å². The highest BCUT2D eigenvalue weighted by Gasteiger charge is 2.24. The van der Waals surface area contributed by atoms with Crippen molar-refractivity contribution in [3.05, 3.63) is 0 Å². The Hall–Kier alpha value is -0.193. The molecule has 0 spiro atoms. The molecule has 0 aromatic heterocycles. The second-order valence-electron chi connectivity index (χ2n) is 3.11. The topological polar surface area (TPSA) is 30.8 Å². The average molecular weight is 202 g/mol. The average Bonchev–Trinajstić information content (AvgIpc) is 2.05. The highest BCUT2D eigenvalue weighted by Crippen LogP contribution is 2.08. The van der Waals surface area contributed by atoms with Gasteiger partial charge in [0.2, 0.25) is 0 Å². The molecule has 0 aromatic rings. The zero-order chi connectivity index (χ0) is 10.3. The number of hydrogen-bond donors (Lipinski definition) is 0. The highest BCUT2D eigenvalue weighted by atomic mass is 28.3. The predicted octanol–water partition coefficient (Wildman–Crippen LogP) is 1.96. The van der Waals surface area contributed by atoms with E-state index < -0.39 is 9.28 Å². The van der Waals surface area contributed by atoms with Gasteiger partial charge in [0.25, 0.3) is 0 Å². The van der Waals surface area contributed by atoms with Gasteiger partial charge in [0.1, 0.15) is 0 Å². The largest absolute Gasteiger partial charge is 0.411 e. The summed E-state index contributed by atoms with van der Waals surface area (Å²) in [6, 6.07) is 0. The molecule has 1 radical (unpaired) electrons. The van der Waals surface area contributed by atoms with E-state index in [1.165, 1.54) is 0 Å². The molecule has 0 saturated carbocycles. The summed E-state index contributed by atoms with van der Waals surface area (Å²) < 4.78 is 10.6. The lowest BCUT2D eigenvalue weighted by Gasteiger charge is -2.17. The van der Waals surface area contributed by atoms with Gasteiger partial charge in [-0.3, -0.25) is 4.99 Å². The predicted molar refractivity (Wildman–Crippen MR) is 57.3 cm³/mol. The molecule has 1 unspecified atom stereocenters. The minimum atomic E-state index is -1.21. The van der Waals surface area contributed by atoms with Crippen molar-refractivity contribution in [1.29, 1.82) is 0 Å². The molecule has 0 aliphatic rings. The summed E-state index contributed by atoms with van der Waals surface area (Å²) in [5.74, 6) is 0. The SMILES string of the molecule is CCCC(N=C(C)C)[Si](OC)OC. The first kappa shape index (κ1) is 12.8. The first-order valence-corrected chi connectivity index (χ1v) is 6.00. The molecule has 0 rings (SSSR count). The Bertz CT molecular complexity index is 154. The maximum Gasteiger partial charge on any atom is 0.411 e. The second-order valence-corrected chi connectivity index (χ2v) is 5.23. The van der Waals surface area contributed by atoms with Gasteiger partial charge >= 0.3 is 9.28 Å². The summed E-state index contributed by atoms with van der Waals surface area (Å²) in [6.45, 7) is 6.17. The summed E-state index contributed by atoms with van der Waals surface area (Å²) in [5.41, 5.74) is 1.32. The lowest BCUT2D eigenvalue weighted by Crippen LogP contribution is -2.34. The molecule has 1 atom stereocenters. The number of rotatable bonds is 6. The fourth-order valence-electron chi connectivity index (χ4n) is 1.18. The molecular weight excluding hydrogens is 182 g/mol. The van der Waals surface area contributed by atoms with Gasteiger partial charge in [0, 0.05) is 19.9 Å². The Balaban J connectivity index is 4.29. The van der Waals surface area contributed by atoms with Crippen LogP contribution in [0.1, 0.15) is 33.6 Å². The highest BCUT2D eigenvalue weighted by molar-refractivity contribution is 6.46. The zero-order valence-corrected chi connectivity index (χ0v) is 10.3. The standard InChI is InChI=1S/C9H20NO2Si/c1-6-7-9(10-8(2)3)13(11-4)12-5/h9H,6-7H2,1-5H3. The van der Waals surface area contributed by atoms with Crippen molar-refractivity contribution in [2.45, 2.75) is 39.3 Å². The molecule has 0 aliphatic carbocycles. The van der Waals surface area contributed by atoms with Crippen LogP contribution in [-0.4, -0.2) is 34.9 Å². The monoisotopic (exact) mass is 202 g/mol. The van der Waals surface area contributed by atoms with Gasteiger partial charge in [-0.1, -0.05) is 13.3 Å². The van der Waals surface area contributed by atoms with E-state index in [9.17, 15) is 0 Å². The smallest absolute Gasteiger partial charge is 0.395 e. The molecule has 13 heavy (non-hydrogen) atoms. The van der Waals surface area contributed by atoms with Crippen LogP contribution in [0.4, 0.5) is 0 Å². The van der Waals surface area contributed by atoms with Gasteiger partial charge in [0.15, 0.2) is 0 Å². The fraction of sp³-hybridized carbons (Fsp3) is 0.889. The minimum absolute atomic E-state index is 0.231. The summed E-state index contributed by atoms with van der Waals surface area (Å²) in [6.07, 6.45) is 2.16. The van der Waals surface area contributed by atoms with Crippen LogP contribution in [0.15, 0.2) is 4.99 Å². The number of nitrogens with zero attached hydrogens (tertiary/aromatic N) is 1. The van der Waals surface area contributed by atoms with E-state index in [1.54, 1.807) is 14.2 Å². The van der Waals surface area contributed by atoms with Crippen LogP contribution < -0.4 is 0 Å². The Morgan fingerprint density at radius 3 is 2.15 bits per heavy atom.